The van der Waals surface area contributed by atoms with Crippen LogP contribution in [0.25, 0.3) is 0 Å². The lowest BCUT2D eigenvalue weighted by Crippen LogP contribution is -2.27. The summed E-state index contributed by atoms with van der Waals surface area (Å²) in [6.07, 6.45) is 1.67. The Hall–Kier alpha value is -1.14. The van der Waals surface area contributed by atoms with E-state index in [0.717, 1.165) is 4.47 Å². The Bertz CT molecular complexity index is 490. The summed E-state index contributed by atoms with van der Waals surface area (Å²) in [6.45, 7) is 5.96. The highest BCUT2D eigenvalue weighted by Gasteiger charge is 2.15. The van der Waals surface area contributed by atoms with Gasteiger partial charge in [0.2, 0.25) is 0 Å². The Balaban J connectivity index is 2.31. The minimum absolute atomic E-state index is 0.109. The fourth-order valence-electron chi connectivity index (χ4n) is 1.36. The smallest absolute Gasteiger partial charge is 0.332 e. The molecule has 0 spiro atoms. The number of esters is 1. The first kappa shape index (κ1) is 15.9. The van der Waals surface area contributed by atoms with Crippen molar-refractivity contribution in [1.29, 1.82) is 0 Å². The van der Waals surface area contributed by atoms with Gasteiger partial charge in [0.25, 0.3) is 5.56 Å². The Morgan fingerprint density at radius 2 is 2.11 bits per heavy atom. The summed E-state index contributed by atoms with van der Waals surface area (Å²) in [4.78, 5) is 22.9. The van der Waals surface area contributed by atoms with Crippen LogP contribution in [0.2, 0.25) is 0 Å². The third-order valence-corrected chi connectivity index (χ3v) is 2.57. The lowest BCUT2D eigenvalue weighted by Gasteiger charge is -2.19. The summed E-state index contributed by atoms with van der Waals surface area (Å²) in [5, 5.41) is 0. The van der Waals surface area contributed by atoms with E-state index in [2.05, 4.69) is 15.9 Å². The SMILES string of the molecule is CC(C)(C)OC(=O)COCCn1ccc(Br)cc1=O. The van der Waals surface area contributed by atoms with Crippen LogP contribution in [-0.4, -0.2) is 29.4 Å². The first-order valence-corrected chi connectivity index (χ1v) is 6.73. The Kier molecular flexibility index (Phi) is 5.75. The van der Waals surface area contributed by atoms with Crippen molar-refractivity contribution < 1.29 is 14.3 Å². The molecule has 106 valence electrons. The number of pyridine rings is 1. The minimum Gasteiger partial charge on any atom is -0.458 e. The van der Waals surface area contributed by atoms with E-state index in [4.69, 9.17) is 9.47 Å². The molecule has 0 unspecified atom stereocenters. The van der Waals surface area contributed by atoms with Crippen LogP contribution in [0.4, 0.5) is 0 Å². The van der Waals surface area contributed by atoms with Crippen LogP contribution in [0.15, 0.2) is 27.6 Å². The van der Waals surface area contributed by atoms with E-state index in [1.54, 1.807) is 33.0 Å². The predicted octanol–water partition coefficient (Wildman–Crippen LogP) is 1.97. The zero-order valence-corrected chi connectivity index (χ0v) is 12.9. The Morgan fingerprint density at radius 3 is 2.68 bits per heavy atom. The van der Waals surface area contributed by atoms with Crippen LogP contribution in [-0.2, 0) is 20.8 Å². The van der Waals surface area contributed by atoms with Crippen LogP contribution in [0.5, 0.6) is 0 Å². The highest BCUT2D eigenvalue weighted by Crippen LogP contribution is 2.06. The van der Waals surface area contributed by atoms with Crippen molar-refractivity contribution >= 4 is 21.9 Å². The van der Waals surface area contributed by atoms with Gasteiger partial charge in [-0.25, -0.2) is 4.79 Å². The molecule has 0 amide bonds. The van der Waals surface area contributed by atoms with E-state index < -0.39 is 11.6 Å². The molecule has 0 radical (unpaired) electrons. The van der Waals surface area contributed by atoms with Gasteiger partial charge in [-0.2, -0.15) is 0 Å². The van der Waals surface area contributed by atoms with E-state index in [0.29, 0.717) is 6.54 Å². The van der Waals surface area contributed by atoms with E-state index in [9.17, 15) is 9.59 Å². The molecule has 1 aromatic rings. The fourth-order valence-corrected chi connectivity index (χ4v) is 1.67. The number of aromatic nitrogens is 1. The van der Waals surface area contributed by atoms with E-state index in [1.165, 1.54) is 10.6 Å². The van der Waals surface area contributed by atoms with E-state index in [1.807, 2.05) is 0 Å². The summed E-state index contributed by atoms with van der Waals surface area (Å²) < 4.78 is 12.5. The topological polar surface area (TPSA) is 57.5 Å². The molecule has 1 aromatic heterocycles. The second-order valence-electron chi connectivity index (χ2n) is 5.02. The van der Waals surface area contributed by atoms with Crippen LogP contribution in [0.3, 0.4) is 0 Å². The molecule has 6 heteroatoms. The molecule has 0 aliphatic heterocycles. The molecule has 0 atom stereocenters. The van der Waals surface area contributed by atoms with Gasteiger partial charge in [0.05, 0.1) is 6.61 Å². The molecule has 1 heterocycles. The summed E-state index contributed by atoms with van der Waals surface area (Å²) in [7, 11) is 0. The maximum Gasteiger partial charge on any atom is 0.332 e. The van der Waals surface area contributed by atoms with Crippen LogP contribution >= 0.6 is 15.9 Å². The van der Waals surface area contributed by atoms with Crippen molar-refractivity contribution in [3.05, 3.63) is 33.2 Å². The third-order valence-electron chi connectivity index (χ3n) is 2.07. The largest absolute Gasteiger partial charge is 0.458 e. The van der Waals surface area contributed by atoms with Crippen LogP contribution in [0, 0.1) is 0 Å². The highest BCUT2D eigenvalue weighted by molar-refractivity contribution is 9.10. The van der Waals surface area contributed by atoms with Gasteiger partial charge < -0.3 is 14.0 Å². The van der Waals surface area contributed by atoms with E-state index in [-0.39, 0.29) is 18.8 Å². The molecule has 0 saturated carbocycles. The van der Waals surface area contributed by atoms with Gasteiger partial charge in [-0.15, -0.1) is 0 Å². The van der Waals surface area contributed by atoms with Gasteiger partial charge in [0.15, 0.2) is 0 Å². The average Bonchev–Trinajstić information content (AvgIpc) is 2.24. The van der Waals surface area contributed by atoms with Crippen molar-refractivity contribution in [2.45, 2.75) is 32.9 Å². The number of halogens is 1. The molecular weight excluding hydrogens is 314 g/mol. The molecule has 0 bridgehead atoms. The predicted molar refractivity (Wildman–Crippen MR) is 75.1 cm³/mol. The minimum atomic E-state index is -0.511. The fraction of sp³-hybridized carbons (Fsp3) is 0.538. The van der Waals surface area contributed by atoms with Crippen LogP contribution in [0.1, 0.15) is 20.8 Å². The Morgan fingerprint density at radius 1 is 1.42 bits per heavy atom. The van der Waals surface area contributed by atoms with E-state index >= 15 is 0 Å². The van der Waals surface area contributed by atoms with Gasteiger partial charge in [-0.05, 0) is 26.8 Å². The lowest BCUT2D eigenvalue weighted by atomic mass is 10.2. The summed E-state index contributed by atoms with van der Waals surface area (Å²) in [6, 6.07) is 3.25. The number of ether oxygens (including phenoxy) is 2. The molecule has 0 fully saturated rings. The van der Waals surface area contributed by atoms with Gasteiger partial charge in [0.1, 0.15) is 12.2 Å². The first-order valence-electron chi connectivity index (χ1n) is 5.93. The van der Waals surface area contributed by atoms with Gasteiger partial charge in [0, 0.05) is 23.3 Å². The second-order valence-corrected chi connectivity index (χ2v) is 5.93. The molecular formula is C13H18BrNO4. The zero-order chi connectivity index (χ0) is 14.5. The lowest BCUT2D eigenvalue weighted by molar-refractivity contribution is -0.160. The first-order chi connectivity index (χ1) is 8.78. The van der Waals surface area contributed by atoms with Gasteiger partial charge >= 0.3 is 5.97 Å². The van der Waals surface area contributed by atoms with Crippen LogP contribution < -0.4 is 5.56 Å². The molecule has 0 saturated heterocycles. The Labute approximate surface area is 120 Å². The standard InChI is InChI=1S/C13H18BrNO4/c1-13(2,3)19-12(17)9-18-7-6-15-5-4-10(14)8-11(15)16/h4-5,8H,6-7,9H2,1-3H3. The normalized spacial score (nSPS) is 11.4. The summed E-state index contributed by atoms with van der Waals surface area (Å²) in [5.41, 5.74) is -0.626. The summed E-state index contributed by atoms with van der Waals surface area (Å²) in [5.74, 6) is -0.407. The number of hydrogen-bond acceptors (Lipinski definition) is 4. The number of nitrogens with zero attached hydrogens (tertiary/aromatic N) is 1. The van der Waals surface area contributed by atoms with Crippen molar-refractivity contribution in [2.24, 2.45) is 0 Å². The molecule has 5 nitrogen and oxygen atoms in total. The van der Waals surface area contributed by atoms with Crippen molar-refractivity contribution in [2.75, 3.05) is 13.2 Å². The van der Waals surface area contributed by atoms with Gasteiger partial charge in [-0.1, -0.05) is 15.9 Å². The molecule has 0 aromatic carbocycles. The van der Waals surface area contributed by atoms with Crippen molar-refractivity contribution in [3.8, 4) is 0 Å². The van der Waals surface area contributed by atoms with Crippen molar-refractivity contribution in [3.63, 3.8) is 0 Å². The molecule has 0 N–H and O–H groups in total. The summed E-state index contributed by atoms with van der Waals surface area (Å²) >= 11 is 3.22. The second kappa shape index (κ2) is 6.86. The monoisotopic (exact) mass is 331 g/mol. The molecule has 19 heavy (non-hydrogen) atoms. The maximum atomic E-state index is 11.5. The average molecular weight is 332 g/mol. The quantitative estimate of drug-likeness (QED) is 0.611. The number of carbonyl (C=O) groups is 1. The third kappa shape index (κ3) is 6.54. The number of hydrogen-bond donors (Lipinski definition) is 0. The highest BCUT2D eigenvalue weighted by atomic mass is 79.9. The zero-order valence-electron chi connectivity index (χ0n) is 11.3. The molecule has 0 aliphatic rings. The van der Waals surface area contributed by atoms with Crippen molar-refractivity contribution in [1.82, 2.24) is 4.57 Å². The van der Waals surface area contributed by atoms with Gasteiger partial charge in [-0.3, -0.25) is 4.79 Å². The number of carbonyl (C=O) groups excluding carboxylic acids is 1. The number of rotatable bonds is 5. The maximum absolute atomic E-state index is 11.5. The molecule has 0 aliphatic carbocycles. The molecule has 1 rings (SSSR count).